The number of nitrogens with one attached hydrogen (secondary N) is 1. The molecule has 1 aromatic carbocycles. The maximum Gasteiger partial charge on any atom is 0.273 e. The number of amides is 1. The van der Waals surface area contributed by atoms with Crippen LogP contribution in [0.3, 0.4) is 0 Å². The molecule has 2 aliphatic rings. The Morgan fingerprint density at radius 3 is 2.73 bits per heavy atom. The van der Waals surface area contributed by atoms with E-state index in [9.17, 15) is 4.79 Å². The van der Waals surface area contributed by atoms with Gasteiger partial charge in [0, 0.05) is 38.8 Å². The van der Waals surface area contributed by atoms with Gasteiger partial charge in [0.25, 0.3) is 5.91 Å². The van der Waals surface area contributed by atoms with E-state index in [-0.39, 0.29) is 18.7 Å². The van der Waals surface area contributed by atoms with Crippen molar-refractivity contribution < 1.29 is 23.4 Å². The molecule has 1 amide bonds. The molecule has 9 nitrogen and oxygen atoms in total. The van der Waals surface area contributed by atoms with Crippen LogP contribution in [0.4, 0.5) is 0 Å². The lowest BCUT2D eigenvalue weighted by molar-refractivity contribution is 0.0383. The van der Waals surface area contributed by atoms with Gasteiger partial charge in [-0.25, -0.2) is 4.98 Å². The minimum atomic E-state index is -0.211. The molecule has 0 aliphatic carbocycles. The number of carbonyl (C=O) groups excluding carboxylic acids is 1. The first-order valence-corrected chi connectivity index (χ1v) is 11.6. The van der Waals surface area contributed by atoms with Crippen molar-refractivity contribution >= 4 is 5.91 Å². The van der Waals surface area contributed by atoms with E-state index in [0.29, 0.717) is 37.1 Å². The molecule has 1 fully saturated rings. The number of nitrogens with zero attached hydrogens (tertiary/aromatic N) is 3. The van der Waals surface area contributed by atoms with E-state index >= 15 is 0 Å². The van der Waals surface area contributed by atoms with Gasteiger partial charge in [0.15, 0.2) is 17.2 Å². The number of oxazole rings is 1. The molecule has 4 rings (SSSR count). The van der Waals surface area contributed by atoms with Crippen LogP contribution in [0, 0.1) is 5.92 Å². The zero-order chi connectivity index (χ0) is 23.2. The van der Waals surface area contributed by atoms with Gasteiger partial charge in [-0.05, 0) is 30.5 Å². The summed E-state index contributed by atoms with van der Waals surface area (Å²) < 4.78 is 22.0. The predicted octanol–water partition coefficient (Wildman–Crippen LogP) is 2.51. The van der Waals surface area contributed by atoms with E-state index in [0.717, 1.165) is 49.9 Å². The Balaban J connectivity index is 1.35. The second-order valence-electron chi connectivity index (χ2n) is 8.91. The van der Waals surface area contributed by atoms with Gasteiger partial charge in [-0.3, -0.25) is 14.6 Å². The summed E-state index contributed by atoms with van der Waals surface area (Å²) in [6.45, 7) is 12.7. The number of rotatable bonds is 10. The monoisotopic (exact) mass is 458 g/mol. The van der Waals surface area contributed by atoms with Crippen molar-refractivity contribution in [1.29, 1.82) is 0 Å². The highest BCUT2D eigenvalue weighted by atomic mass is 16.7. The van der Waals surface area contributed by atoms with Crippen LogP contribution < -0.4 is 14.8 Å². The number of hydrogen-bond acceptors (Lipinski definition) is 8. The highest BCUT2D eigenvalue weighted by Gasteiger charge is 2.22. The van der Waals surface area contributed by atoms with Gasteiger partial charge in [0.2, 0.25) is 12.7 Å². The molecule has 33 heavy (non-hydrogen) atoms. The van der Waals surface area contributed by atoms with Crippen molar-refractivity contribution in [2.24, 2.45) is 5.92 Å². The lowest BCUT2D eigenvalue weighted by atomic mass is 10.0. The summed E-state index contributed by atoms with van der Waals surface area (Å²) >= 11 is 0. The lowest BCUT2D eigenvalue weighted by Crippen LogP contribution is -2.41. The normalized spacial score (nSPS) is 17.0. The van der Waals surface area contributed by atoms with Gasteiger partial charge in [0.1, 0.15) is 6.26 Å². The number of benzene rings is 1. The van der Waals surface area contributed by atoms with Crippen LogP contribution in [0.5, 0.6) is 11.5 Å². The molecule has 0 saturated carbocycles. The van der Waals surface area contributed by atoms with Crippen molar-refractivity contribution in [1.82, 2.24) is 20.1 Å². The van der Waals surface area contributed by atoms with Crippen LogP contribution >= 0.6 is 0 Å². The first kappa shape index (κ1) is 23.5. The third kappa shape index (κ3) is 6.25. The van der Waals surface area contributed by atoms with Crippen molar-refractivity contribution in [2.45, 2.75) is 39.9 Å². The average Bonchev–Trinajstić information content (AvgIpc) is 3.48. The van der Waals surface area contributed by atoms with Crippen molar-refractivity contribution in [3.05, 3.63) is 41.6 Å². The number of ether oxygens (including phenoxy) is 3. The molecule has 0 bridgehead atoms. The molecule has 1 atom stereocenters. The highest BCUT2D eigenvalue weighted by molar-refractivity contribution is 5.91. The van der Waals surface area contributed by atoms with Crippen molar-refractivity contribution in [3.63, 3.8) is 0 Å². The topological polar surface area (TPSA) is 89.3 Å². The second-order valence-corrected chi connectivity index (χ2v) is 8.91. The Kier molecular flexibility index (Phi) is 7.85. The molecule has 2 aromatic rings. The fourth-order valence-electron chi connectivity index (χ4n) is 3.94. The first-order valence-electron chi connectivity index (χ1n) is 11.6. The Morgan fingerprint density at radius 2 is 1.94 bits per heavy atom. The Hall–Kier alpha value is -2.62. The summed E-state index contributed by atoms with van der Waals surface area (Å²) in [5.74, 6) is 2.31. The van der Waals surface area contributed by atoms with E-state index in [4.69, 9.17) is 18.6 Å². The molecule has 1 aromatic heterocycles. The number of aromatic nitrogens is 1. The molecule has 180 valence electrons. The SMILES string of the molecule is CC(C)C(C)N(Cc1ccc2c(c1)OCO2)Cc1nc(C(=O)NCCN2CCOCC2)co1. The first-order chi connectivity index (χ1) is 16.0. The highest BCUT2D eigenvalue weighted by Crippen LogP contribution is 2.33. The zero-order valence-electron chi connectivity index (χ0n) is 19.7. The summed E-state index contributed by atoms with van der Waals surface area (Å²) in [7, 11) is 0. The van der Waals surface area contributed by atoms with Crippen LogP contribution in [0.25, 0.3) is 0 Å². The number of morpholine rings is 1. The van der Waals surface area contributed by atoms with E-state index in [1.807, 2.05) is 12.1 Å². The maximum absolute atomic E-state index is 12.5. The van der Waals surface area contributed by atoms with Crippen LogP contribution in [0.2, 0.25) is 0 Å². The van der Waals surface area contributed by atoms with Gasteiger partial charge in [-0.15, -0.1) is 0 Å². The molecular weight excluding hydrogens is 424 g/mol. The fraction of sp³-hybridized carbons (Fsp3) is 0.583. The Morgan fingerprint density at radius 1 is 1.15 bits per heavy atom. The lowest BCUT2D eigenvalue weighted by Gasteiger charge is -2.30. The molecule has 9 heteroatoms. The van der Waals surface area contributed by atoms with Gasteiger partial charge in [-0.2, -0.15) is 0 Å². The van der Waals surface area contributed by atoms with Crippen molar-refractivity contribution in [2.75, 3.05) is 46.2 Å². The van der Waals surface area contributed by atoms with E-state index in [1.54, 1.807) is 0 Å². The standard InChI is InChI=1S/C24H34N4O5/c1-17(2)18(3)28(13-19-4-5-21-22(12-19)33-16-32-21)14-23-26-20(15-31-23)24(29)25-6-7-27-8-10-30-11-9-27/h4-5,12,15,17-18H,6-11,13-14,16H2,1-3H3,(H,25,29). The molecule has 1 saturated heterocycles. The van der Waals surface area contributed by atoms with Gasteiger partial charge in [0.05, 0.1) is 19.8 Å². The number of hydrogen-bond donors (Lipinski definition) is 1. The molecule has 1 unspecified atom stereocenters. The second kappa shape index (κ2) is 11.0. The molecule has 1 N–H and O–H groups in total. The minimum absolute atomic E-state index is 0.211. The Labute approximate surface area is 195 Å². The summed E-state index contributed by atoms with van der Waals surface area (Å²) in [6, 6.07) is 6.30. The molecule has 3 heterocycles. The minimum Gasteiger partial charge on any atom is -0.454 e. The summed E-state index contributed by atoms with van der Waals surface area (Å²) in [4.78, 5) is 21.5. The molecule has 0 radical (unpaired) electrons. The smallest absolute Gasteiger partial charge is 0.273 e. The van der Waals surface area contributed by atoms with E-state index in [1.165, 1.54) is 6.26 Å². The van der Waals surface area contributed by atoms with Crippen molar-refractivity contribution in [3.8, 4) is 11.5 Å². The van der Waals surface area contributed by atoms with Crippen LogP contribution in [0.15, 0.2) is 28.9 Å². The molecular formula is C24H34N4O5. The Bertz CT molecular complexity index is 925. The largest absolute Gasteiger partial charge is 0.454 e. The third-order valence-corrected chi connectivity index (χ3v) is 6.30. The number of carbonyl (C=O) groups is 1. The van der Waals surface area contributed by atoms with E-state index in [2.05, 4.69) is 46.9 Å². The third-order valence-electron chi connectivity index (χ3n) is 6.30. The maximum atomic E-state index is 12.5. The quantitative estimate of drug-likeness (QED) is 0.581. The molecule has 2 aliphatic heterocycles. The van der Waals surface area contributed by atoms with Crippen LogP contribution in [0.1, 0.15) is 42.7 Å². The summed E-state index contributed by atoms with van der Waals surface area (Å²) in [5.41, 5.74) is 1.44. The van der Waals surface area contributed by atoms with Gasteiger partial charge < -0.3 is 23.9 Å². The predicted molar refractivity (Wildman–Crippen MR) is 122 cm³/mol. The van der Waals surface area contributed by atoms with Gasteiger partial charge in [-0.1, -0.05) is 19.9 Å². The fourth-order valence-corrected chi connectivity index (χ4v) is 3.94. The molecule has 0 spiro atoms. The summed E-state index contributed by atoms with van der Waals surface area (Å²) in [5, 5.41) is 2.93. The van der Waals surface area contributed by atoms with Crippen LogP contribution in [-0.4, -0.2) is 72.9 Å². The average molecular weight is 459 g/mol. The number of fused-ring (bicyclic) bond motifs is 1. The van der Waals surface area contributed by atoms with E-state index < -0.39 is 0 Å². The summed E-state index contributed by atoms with van der Waals surface area (Å²) in [6.07, 6.45) is 1.44. The van der Waals surface area contributed by atoms with Gasteiger partial charge >= 0.3 is 0 Å². The zero-order valence-corrected chi connectivity index (χ0v) is 19.7. The van der Waals surface area contributed by atoms with Crippen LogP contribution in [-0.2, 0) is 17.8 Å².